The molecule has 1 aromatic heterocycles. The number of hydrogen-bond acceptors (Lipinski definition) is 5. The number of primary sulfonamides is 1. The van der Waals surface area contributed by atoms with Crippen molar-refractivity contribution in [1.82, 2.24) is 0 Å². The summed E-state index contributed by atoms with van der Waals surface area (Å²) in [6.07, 6.45) is 0.0617. The van der Waals surface area contributed by atoms with Crippen molar-refractivity contribution in [3.8, 4) is 5.75 Å². The van der Waals surface area contributed by atoms with Crippen LogP contribution in [0.25, 0.3) is 21.9 Å². The van der Waals surface area contributed by atoms with Crippen molar-refractivity contribution in [2.24, 2.45) is 5.14 Å². The molecule has 148 valence electrons. The molecule has 0 bridgehead atoms. The van der Waals surface area contributed by atoms with Gasteiger partial charge in [-0.3, -0.25) is 4.79 Å². The molecule has 0 aliphatic rings. The topological polar surface area (TPSA) is 112 Å². The largest absolute Gasteiger partial charge is 0.495 e. The van der Waals surface area contributed by atoms with E-state index in [-0.39, 0.29) is 17.2 Å². The molecule has 1 heterocycles. The zero-order valence-corrected chi connectivity index (χ0v) is 16.3. The zero-order chi connectivity index (χ0) is 20.6. The summed E-state index contributed by atoms with van der Waals surface area (Å²) in [7, 11) is -2.23. The highest BCUT2D eigenvalue weighted by molar-refractivity contribution is 7.89. The van der Waals surface area contributed by atoms with Crippen molar-refractivity contribution in [1.29, 1.82) is 0 Å². The van der Waals surface area contributed by atoms with E-state index in [0.29, 0.717) is 22.6 Å². The molecule has 8 heteroatoms. The van der Waals surface area contributed by atoms with Gasteiger partial charge in [0, 0.05) is 16.8 Å². The average molecular weight is 410 g/mol. The van der Waals surface area contributed by atoms with E-state index in [0.717, 1.165) is 16.4 Å². The molecular weight excluding hydrogens is 392 g/mol. The number of amides is 1. The molecule has 0 spiro atoms. The van der Waals surface area contributed by atoms with E-state index < -0.39 is 10.0 Å². The molecule has 0 saturated carbocycles. The van der Waals surface area contributed by atoms with Crippen LogP contribution in [0.3, 0.4) is 0 Å². The number of fused-ring (bicyclic) bond motifs is 3. The van der Waals surface area contributed by atoms with Gasteiger partial charge in [-0.1, -0.05) is 30.3 Å². The molecule has 4 rings (SSSR count). The number of nitrogens with one attached hydrogen (secondary N) is 1. The molecule has 0 aliphatic heterocycles. The zero-order valence-electron chi connectivity index (χ0n) is 15.5. The Hall–Kier alpha value is -3.36. The standard InChI is InChI=1S/C21H18N2O5S/c1-27-20-11-16-15-4-2-3-5-18(15)28-19(16)12-17(20)23-21(24)10-13-6-8-14(9-7-13)29(22,25)26/h2-9,11-12H,10H2,1H3,(H,23,24)(H2,22,25,26). The van der Waals surface area contributed by atoms with Gasteiger partial charge < -0.3 is 14.5 Å². The van der Waals surface area contributed by atoms with Gasteiger partial charge in [-0.05, 0) is 29.8 Å². The van der Waals surface area contributed by atoms with E-state index in [2.05, 4.69) is 5.32 Å². The van der Waals surface area contributed by atoms with Crippen LogP contribution in [0.2, 0.25) is 0 Å². The fourth-order valence-corrected chi connectivity index (χ4v) is 3.71. The summed E-state index contributed by atoms with van der Waals surface area (Å²) in [6.45, 7) is 0. The highest BCUT2D eigenvalue weighted by Gasteiger charge is 2.15. The fraction of sp³-hybridized carbons (Fsp3) is 0.0952. The van der Waals surface area contributed by atoms with E-state index >= 15 is 0 Å². The lowest BCUT2D eigenvalue weighted by atomic mass is 10.1. The Morgan fingerprint density at radius 1 is 1.03 bits per heavy atom. The SMILES string of the molecule is COc1cc2c(cc1NC(=O)Cc1ccc(S(N)(=O)=O)cc1)oc1ccccc12. The Bertz CT molecular complexity index is 1320. The number of furan rings is 1. The third-order valence-corrected chi connectivity index (χ3v) is 5.52. The van der Waals surface area contributed by atoms with Gasteiger partial charge in [0.05, 0.1) is 24.1 Å². The van der Waals surface area contributed by atoms with Crippen LogP contribution >= 0.6 is 0 Å². The van der Waals surface area contributed by atoms with Crippen molar-refractivity contribution < 1.29 is 22.4 Å². The third kappa shape index (κ3) is 3.80. The van der Waals surface area contributed by atoms with Crippen LogP contribution in [-0.2, 0) is 21.2 Å². The monoisotopic (exact) mass is 410 g/mol. The second-order valence-corrected chi connectivity index (χ2v) is 8.12. The maximum absolute atomic E-state index is 12.5. The predicted octanol–water partition coefficient (Wildman–Crippen LogP) is 3.42. The number of methoxy groups -OCH3 is 1. The number of carbonyl (C=O) groups is 1. The second-order valence-electron chi connectivity index (χ2n) is 6.56. The summed E-state index contributed by atoms with van der Waals surface area (Å²) >= 11 is 0. The average Bonchev–Trinajstić information content (AvgIpc) is 3.04. The Kier molecular flexibility index (Phi) is 4.73. The normalized spacial score (nSPS) is 11.7. The van der Waals surface area contributed by atoms with Crippen molar-refractivity contribution in [3.05, 3.63) is 66.2 Å². The predicted molar refractivity (Wildman–Crippen MR) is 110 cm³/mol. The molecule has 0 saturated heterocycles. The highest BCUT2D eigenvalue weighted by Crippen LogP contribution is 2.36. The minimum absolute atomic E-state index is 0.00124. The first-order valence-corrected chi connectivity index (χ1v) is 10.3. The first-order chi connectivity index (χ1) is 13.8. The number of rotatable bonds is 5. The summed E-state index contributed by atoms with van der Waals surface area (Å²) in [5.74, 6) is 0.240. The molecule has 7 nitrogen and oxygen atoms in total. The summed E-state index contributed by atoms with van der Waals surface area (Å²) in [6, 6.07) is 17.1. The number of hydrogen-bond donors (Lipinski definition) is 2. The van der Waals surface area contributed by atoms with E-state index in [4.69, 9.17) is 14.3 Å². The highest BCUT2D eigenvalue weighted by atomic mass is 32.2. The van der Waals surface area contributed by atoms with Crippen molar-refractivity contribution >= 4 is 43.6 Å². The molecule has 0 radical (unpaired) electrons. The smallest absolute Gasteiger partial charge is 0.238 e. The second kappa shape index (κ2) is 7.23. The van der Waals surface area contributed by atoms with Crippen LogP contribution in [0.15, 0.2) is 70.0 Å². The maximum Gasteiger partial charge on any atom is 0.238 e. The first kappa shape index (κ1) is 19.0. The van der Waals surface area contributed by atoms with Gasteiger partial charge in [0.15, 0.2) is 0 Å². The van der Waals surface area contributed by atoms with Gasteiger partial charge >= 0.3 is 0 Å². The van der Waals surface area contributed by atoms with Gasteiger partial charge in [-0.25, -0.2) is 13.6 Å². The number of carbonyl (C=O) groups excluding carboxylic acids is 1. The number of ether oxygens (including phenoxy) is 1. The minimum atomic E-state index is -3.77. The maximum atomic E-state index is 12.5. The van der Waals surface area contributed by atoms with E-state index in [1.807, 2.05) is 30.3 Å². The lowest BCUT2D eigenvalue weighted by molar-refractivity contribution is -0.115. The van der Waals surface area contributed by atoms with Crippen LogP contribution in [0, 0.1) is 0 Å². The lowest BCUT2D eigenvalue weighted by Gasteiger charge is -2.10. The number of benzene rings is 3. The Morgan fingerprint density at radius 2 is 1.76 bits per heavy atom. The molecule has 3 N–H and O–H groups in total. The molecule has 0 aliphatic carbocycles. The summed E-state index contributed by atoms with van der Waals surface area (Å²) in [4.78, 5) is 12.5. The number of para-hydroxylation sites is 1. The first-order valence-electron chi connectivity index (χ1n) is 8.76. The Labute approximate surface area is 167 Å². The summed E-state index contributed by atoms with van der Waals surface area (Å²) in [5, 5.41) is 9.77. The molecule has 0 atom stereocenters. The Morgan fingerprint density at radius 3 is 2.45 bits per heavy atom. The number of sulfonamides is 1. The molecule has 0 unspecified atom stereocenters. The van der Waals surface area contributed by atoms with E-state index in [1.165, 1.54) is 19.2 Å². The summed E-state index contributed by atoms with van der Waals surface area (Å²) < 4.78 is 34.0. The Balaban J connectivity index is 1.59. The van der Waals surface area contributed by atoms with E-state index in [9.17, 15) is 13.2 Å². The van der Waals surface area contributed by atoms with Crippen LogP contribution < -0.4 is 15.2 Å². The van der Waals surface area contributed by atoms with Gasteiger partial charge in [0.2, 0.25) is 15.9 Å². The number of anilines is 1. The van der Waals surface area contributed by atoms with Gasteiger partial charge in [-0.2, -0.15) is 0 Å². The van der Waals surface area contributed by atoms with Crippen LogP contribution in [-0.4, -0.2) is 21.4 Å². The van der Waals surface area contributed by atoms with Crippen LogP contribution in [0.1, 0.15) is 5.56 Å². The number of nitrogens with two attached hydrogens (primary N) is 1. The molecular formula is C21H18N2O5S. The van der Waals surface area contributed by atoms with Gasteiger partial charge in [0.25, 0.3) is 0 Å². The fourth-order valence-electron chi connectivity index (χ4n) is 3.19. The van der Waals surface area contributed by atoms with Crippen molar-refractivity contribution in [3.63, 3.8) is 0 Å². The third-order valence-electron chi connectivity index (χ3n) is 4.59. The van der Waals surface area contributed by atoms with Crippen LogP contribution in [0.5, 0.6) is 5.75 Å². The molecule has 1 amide bonds. The van der Waals surface area contributed by atoms with E-state index in [1.54, 1.807) is 18.2 Å². The van der Waals surface area contributed by atoms with Gasteiger partial charge in [0.1, 0.15) is 16.9 Å². The van der Waals surface area contributed by atoms with Crippen molar-refractivity contribution in [2.75, 3.05) is 12.4 Å². The quantitative estimate of drug-likeness (QED) is 0.524. The summed E-state index contributed by atoms with van der Waals surface area (Å²) in [5.41, 5.74) is 2.53. The minimum Gasteiger partial charge on any atom is -0.495 e. The lowest BCUT2D eigenvalue weighted by Crippen LogP contribution is -2.15. The molecule has 29 heavy (non-hydrogen) atoms. The molecule has 3 aromatic carbocycles. The van der Waals surface area contributed by atoms with Gasteiger partial charge in [-0.15, -0.1) is 0 Å². The van der Waals surface area contributed by atoms with Crippen LogP contribution in [0.4, 0.5) is 5.69 Å². The van der Waals surface area contributed by atoms with Crippen molar-refractivity contribution in [2.45, 2.75) is 11.3 Å². The molecule has 0 fully saturated rings. The molecule has 4 aromatic rings.